The van der Waals surface area contributed by atoms with Crippen molar-refractivity contribution in [2.24, 2.45) is 0 Å². The van der Waals surface area contributed by atoms with E-state index in [0.29, 0.717) is 17.1 Å². The van der Waals surface area contributed by atoms with Crippen LogP contribution in [0.2, 0.25) is 0 Å². The zero-order valence-electron chi connectivity index (χ0n) is 15.8. The Morgan fingerprint density at radius 3 is 2.68 bits per heavy atom. The van der Waals surface area contributed by atoms with Crippen LogP contribution in [0, 0.1) is 0 Å². The first-order valence-electron chi connectivity index (χ1n) is 8.66. The van der Waals surface area contributed by atoms with E-state index in [9.17, 15) is 9.59 Å². The third kappa shape index (κ3) is 4.06. The van der Waals surface area contributed by atoms with Gasteiger partial charge >= 0.3 is 5.97 Å². The number of Topliss-reactive ketones (excluding diaryl/α,β-unsaturated/α-hetero) is 1. The average Bonchev–Trinajstić information content (AvgIpc) is 3.02. The van der Waals surface area contributed by atoms with Crippen molar-refractivity contribution in [3.8, 4) is 17.2 Å². The third-order valence-electron chi connectivity index (χ3n) is 4.15. The Kier molecular flexibility index (Phi) is 5.79. The van der Waals surface area contributed by atoms with Gasteiger partial charge in [0, 0.05) is 11.6 Å². The van der Waals surface area contributed by atoms with Crippen LogP contribution in [0.5, 0.6) is 17.2 Å². The Labute approximate surface area is 163 Å². The molecule has 1 atom stereocenters. The molecule has 0 saturated carbocycles. The number of methoxy groups -OCH3 is 2. The zero-order valence-corrected chi connectivity index (χ0v) is 15.8. The lowest BCUT2D eigenvalue weighted by atomic mass is 10.1. The van der Waals surface area contributed by atoms with Gasteiger partial charge in [-0.25, -0.2) is 4.79 Å². The molecule has 0 fully saturated rings. The molecule has 6 nitrogen and oxygen atoms in total. The molecule has 0 bridgehead atoms. The Hall–Kier alpha value is -3.54. The van der Waals surface area contributed by atoms with Crippen molar-refractivity contribution in [3.05, 3.63) is 71.5 Å². The van der Waals surface area contributed by atoms with Gasteiger partial charge in [-0.2, -0.15) is 0 Å². The van der Waals surface area contributed by atoms with Crippen LogP contribution in [0.15, 0.2) is 60.4 Å². The molecule has 2 aromatic rings. The number of allylic oxidation sites excluding steroid dienone is 3. The summed E-state index contributed by atoms with van der Waals surface area (Å²) in [5.74, 6) is 1.04. The Bertz CT molecular complexity index is 957. The first-order valence-corrected chi connectivity index (χ1v) is 8.66. The van der Waals surface area contributed by atoms with E-state index < -0.39 is 12.1 Å². The quantitative estimate of drug-likeness (QED) is 0.561. The molecule has 0 aliphatic carbocycles. The van der Waals surface area contributed by atoms with E-state index in [2.05, 4.69) is 4.74 Å². The largest absolute Gasteiger partial charge is 0.496 e. The number of ether oxygens (including phenoxy) is 4. The molecule has 0 aromatic heterocycles. The SMILES string of the molecule is COC(=O)[C@H](C)Oc1ccc2c(c1)O/C(=C\C=C\c1ccccc1OC)C2=O. The maximum Gasteiger partial charge on any atom is 0.346 e. The fourth-order valence-corrected chi connectivity index (χ4v) is 2.72. The van der Waals surface area contributed by atoms with Gasteiger partial charge in [-0.3, -0.25) is 4.79 Å². The number of benzene rings is 2. The molecule has 1 heterocycles. The molecule has 3 rings (SSSR count). The van der Waals surface area contributed by atoms with Crippen molar-refractivity contribution in [2.45, 2.75) is 13.0 Å². The molecule has 0 amide bonds. The van der Waals surface area contributed by atoms with Gasteiger partial charge in [0.2, 0.25) is 5.78 Å². The number of fused-ring (bicyclic) bond motifs is 1. The summed E-state index contributed by atoms with van der Waals surface area (Å²) in [6.07, 6.45) is 4.40. The van der Waals surface area contributed by atoms with E-state index >= 15 is 0 Å². The Morgan fingerprint density at radius 2 is 1.93 bits per heavy atom. The Morgan fingerprint density at radius 1 is 1.14 bits per heavy atom. The molecule has 0 saturated heterocycles. The van der Waals surface area contributed by atoms with Crippen LogP contribution in [0.1, 0.15) is 22.8 Å². The number of para-hydroxylation sites is 1. The summed E-state index contributed by atoms with van der Waals surface area (Å²) in [5.41, 5.74) is 1.33. The summed E-state index contributed by atoms with van der Waals surface area (Å²) in [6.45, 7) is 1.58. The molecule has 6 heteroatoms. The van der Waals surface area contributed by atoms with Gasteiger partial charge in [-0.15, -0.1) is 0 Å². The number of rotatable bonds is 6. The lowest BCUT2D eigenvalue weighted by Gasteiger charge is -2.12. The van der Waals surface area contributed by atoms with E-state index in [1.807, 2.05) is 30.3 Å². The van der Waals surface area contributed by atoms with E-state index in [4.69, 9.17) is 14.2 Å². The van der Waals surface area contributed by atoms with Crippen LogP contribution in [-0.4, -0.2) is 32.1 Å². The summed E-state index contributed by atoms with van der Waals surface area (Å²) in [4.78, 5) is 24.0. The second-order valence-electron chi connectivity index (χ2n) is 6.00. The molecule has 0 N–H and O–H groups in total. The summed E-state index contributed by atoms with van der Waals surface area (Å²) in [7, 11) is 2.90. The Balaban J connectivity index is 1.75. The lowest BCUT2D eigenvalue weighted by molar-refractivity contribution is -0.147. The maximum absolute atomic E-state index is 12.5. The standard InChI is InChI=1S/C22H20O6/c1-14(22(24)26-3)27-16-11-12-17-20(13-16)28-19(21(17)23)10-6-8-15-7-4-5-9-18(15)25-2/h4-14H,1-3H3/b8-6+,19-10-/t14-/m0/s1. The number of hydrogen-bond acceptors (Lipinski definition) is 6. The molecular formula is C22H20O6. The summed E-state index contributed by atoms with van der Waals surface area (Å²) in [5, 5.41) is 0. The van der Waals surface area contributed by atoms with Gasteiger partial charge < -0.3 is 18.9 Å². The summed E-state index contributed by atoms with van der Waals surface area (Å²) < 4.78 is 21.1. The smallest absolute Gasteiger partial charge is 0.346 e. The van der Waals surface area contributed by atoms with Crippen molar-refractivity contribution in [2.75, 3.05) is 14.2 Å². The monoisotopic (exact) mass is 380 g/mol. The predicted molar refractivity (Wildman–Crippen MR) is 104 cm³/mol. The van der Waals surface area contributed by atoms with Crippen molar-refractivity contribution < 1.29 is 28.5 Å². The van der Waals surface area contributed by atoms with Crippen molar-refractivity contribution in [1.82, 2.24) is 0 Å². The van der Waals surface area contributed by atoms with Gasteiger partial charge in [0.25, 0.3) is 0 Å². The first-order chi connectivity index (χ1) is 13.5. The number of carbonyl (C=O) groups is 2. The van der Waals surface area contributed by atoms with Crippen LogP contribution in [-0.2, 0) is 9.53 Å². The molecule has 0 unspecified atom stereocenters. The second-order valence-corrected chi connectivity index (χ2v) is 6.00. The van der Waals surface area contributed by atoms with Gasteiger partial charge in [-0.1, -0.05) is 30.4 Å². The van der Waals surface area contributed by atoms with Crippen molar-refractivity contribution in [1.29, 1.82) is 0 Å². The maximum atomic E-state index is 12.5. The van der Waals surface area contributed by atoms with Crippen LogP contribution >= 0.6 is 0 Å². The predicted octanol–water partition coefficient (Wildman–Crippen LogP) is 3.81. The van der Waals surface area contributed by atoms with E-state index in [-0.39, 0.29) is 11.5 Å². The minimum absolute atomic E-state index is 0.208. The van der Waals surface area contributed by atoms with Gasteiger partial charge in [0.15, 0.2) is 11.9 Å². The molecule has 0 spiro atoms. The number of hydrogen-bond donors (Lipinski definition) is 0. The summed E-state index contributed by atoms with van der Waals surface area (Å²) >= 11 is 0. The van der Waals surface area contributed by atoms with E-state index in [0.717, 1.165) is 11.3 Å². The van der Waals surface area contributed by atoms with Crippen LogP contribution in [0.25, 0.3) is 6.08 Å². The second kappa shape index (κ2) is 8.43. The van der Waals surface area contributed by atoms with E-state index in [1.54, 1.807) is 44.4 Å². The zero-order chi connectivity index (χ0) is 20.1. The van der Waals surface area contributed by atoms with Gasteiger partial charge in [-0.05, 0) is 31.2 Å². The molecule has 28 heavy (non-hydrogen) atoms. The van der Waals surface area contributed by atoms with Crippen LogP contribution in [0.3, 0.4) is 0 Å². The highest BCUT2D eigenvalue weighted by Crippen LogP contribution is 2.34. The highest BCUT2D eigenvalue weighted by Gasteiger charge is 2.27. The molecule has 1 aliphatic heterocycles. The molecule has 144 valence electrons. The normalized spacial score (nSPS) is 15.2. The number of carbonyl (C=O) groups excluding carboxylic acids is 2. The topological polar surface area (TPSA) is 71.1 Å². The van der Waals surface area contributed by atoms with Crippen molar-refractivity contribution in [3.63, 3.8) is 0 Å². The minimum Gasteiger partial charge on any atom is -0.496 e. The highest BCUT2D eigenvalue weighted by molar-refractivity contribution is 6.12. The van der Waals surface area contributed by atoms with Gasteiger partial charge in [0.05, 0.1) is 19.8 Å². The van der Waals surface area contributed by atoms with Crippen LogP contribution < -0.4 is 14.2 Å². The molecule has 1 aliphatic rings. The van der Waals surface area contributed by atoms with Crippen LogP contribution in [0.4, 0.5) is 0 Å². The third-order valence-corrected chi connectivity index (χ3v) is 4.15. The number of esters is 1. The van der Waals surface area contributed by atoms with Crippen molar-refractivity contribution >= 4 is 17.8 Å². The molecular weight excluding hydrogens is 360 g/mol. The average molecular weight is 380 g/mol. The lowest BCUT2D eigenvalue weighted by Crippen LogP contribution is -2.24. The number of ketones is 1. The van der Waals surface area contributed by atoms with Gasteiger partial charge in [0.1, 0.15) is 17.2 Å². The minimum atomic E-state index is -0.765. The summed E-state index contributed by atoms with van der Waals surface area (Å²) in [6, 6.07) is 12.4. The molecule has 2 aromatic carbocycles. The highest BCUT2D eigenvalue weighted by atomic mass is 16.6. The van der Waals surface area contributed by atoms with E-state index in [1.165, 1.54) is 7.11 Å². The fraction of sp³-hybridized carbons (Fsp3) is 0.182. The first kappa shape index (κ1) is 19.2. The fourth-order valence-electron chi connectivity index (χ4n) is 2.72. The molecule has 0 radical (unpaired) electrons.